The summed E-state index contributed by atoms with van der Waals surface area (Å²) < 4.78 is 28.6. The van der Waals surface area contributed by atoms with E-state index in [-0.39, 0.29) is 0 Å². The smallest absolute Gasteiger partial charge is 0.266 e. The van der Waals surface area contributed by atoms with Crippen LogP contribution in [0.1, 0.15) is 6.23 Å². The average molecular weight is 279 g/mol. The summed E-state index contributed by atoms with van der Waals surface area (Å²) in [6.07, 6.45) is -2.60. The Hall–Kier alpha value is -1.07. The summed E-state index contributed by atoms with van der Waals surface area (Å²) >= 11 is 0. The fourth-order valence-corrected chi connectivity index (χ4v) is 2.13. The van der Waals surface area contributed by atoms with Gasteiger partial charge in [0.15, 0.2) is 6.23 Å². The van der Waals surface area contributed by atoms with Crippen LogP contribution >= 0.6 is 0 Å². The van der Waals surface area contributed by atoms with Gasteiger partial charge < -0.3 is 20.1 Å². The molecule has 1 saturated heterocycles. The van der Waals surface area contributed by atoms with Crippen LogP contribution in [0.2, 0.25) is 0 Å². The minimum Gasteiger partial charge on any atom is -0.394 e. The van der Waals surface area contributed by atoms with Gasteiger partial charge in [-0.15, -0.1) is 5.10 Å². The third-order valence-corrected chi connectivity index (χ3v) is 3.45. The summed E-state index contributed by atoms with van der Waals surface area (Å²) in [4.78, 5) is 3.57. The lowest BCUT2D eigenvalue weighted by atomic mass is 10.1. The minimum atomic E-state index is -3.55. The molecule has 3 N–H and O–H groups in total. The number of aliphatic hydroxyl groups excluding tert-OH is 3. The molecule has 4 atom stereocenters. The van der Waals surface area contributed by atoms with Crippen LogP contribution in [0.25, 0.3) is 0 Å². The molecule has 0 radical (unpaired) electrons. The molecule has 1 fully saturated rings. The molecule has 0 spiro atoms. The van der Waals surface area contributed by atoms with Crippen molar-refractivity contribution in [2.45, 2.75) is 29.7 Å². The summed E-state index contributed by atoms with van der Waals surface area (Å²) in [5.74, 6) is 0. The number of hydrogen-bond donors (Lipinski definition) is 3. The number of aromatic nitrogens is 3. The number of sulfone groups is 1. The van der Waals surface area contributed by atoms with E-state index >= 15 is 0 Å². The quantitative estimate of drug-likeness (QED) is 0.543. The second-order valence-electron chi connectivity index (χ2n) is 4.01. The summed E-state index contributed by atoms with van der Waals surface area (Å²) in [6, 6.07) is 0. The SMILES string of the molecule is CS(=O)(=O)c1ncn(C2OC(CO)C(O)C2O)n1. The average Bonchev–Trinajstić information content (AvgIpc) is 2.86. The molecule has 2 rings (SSSR count). The van der Waals surface area contributed by atoms with Crippen LogP contribution in [-0.2, 0) is 14.6 Å². The van der Waals surface area contributed by atoms with Gasteiger partial charge in [0.2, 0.25) is 9.84 Å². The van der Waals surface area contributed by atoms with E-state index in [4.69, 9.17) is 9.84 Å². The predicted octanol–water partition coefficient (Wildman–Crippen LogP) is -2.71. The molecule has 10 heteroatoms. The highest BCUT2D eigenvalue weighted by atomic mass is 32.2. The summed E-state index contributed by atoms with van der Waals surface area (Å²) in [6.45, 7) is -0.470. The summed E-state index contributed by atoms with van der Waals surface area (Å²) in [7, 11) is -3.55. The van der Waals surface area contributed by atoms with E-state index in [9.17, 15) is 18.6 Å². The highest BCUT2D eigenvalue weighted by molar-refractivity contribution is 7.90. The van der Waals surface area contributed by atoms with Crippen molar-refractivity contribution < 1.29 is 28.5 Å². The maximum Gasteiger partial charge on any atom is 0.266 e. The fourth-order valence-electron chi connectivity index (χ4n) is 1.65. The lowest BCUT2D eigenvalue weighted by Gasteiger charge is -2.13. The van der Waals surface area contributed by atoms with Gasteiger partial charge in [-0.05, 0) is 0 Å². The first kappa shape index (κ1) is 13.4. The molecule has 0 saturated carbocycles. The Kier molecular flexibility index (Phi) is 3.38. The van der Waals surface area contributed by atoms with Gasteiger partial charge in [-0.1, -0.05) is 0 Å². The molecule has 1 aromatic heterocycles. The number of nitrogens with zero attached hydrogens (tertiary/aromatic N) is 3. The van der Waals surface area contributed by atoms with Gasteiger partial charge >= 0.3 is 0 Å². The maximum absolute atomic E-state index is 11.2. The van der Waals surface area contributed by atoms with Crippen LogP contribution in [0.15, 0.2) is 11.5 Å². The molecule has 0 aliphatic carbocycles. The van der Waals surface area contributed by atoms with Gasteiger partial charge in [0.05, 0.1) is 6.61 Å². The molecule has 1 aromatic rings. The van der Waals surface area contributed by atoms with E-state index < -0.39 is 46.1 Å². The van der Waals surface area contributed by atoms with Crippen molar-refractivity contribution in [3.63, 3.8) is 0 Å². The first-order chi connectivity index (χ1) is 8.34. The zero-order valence-corrected chi connectivity index (χ0v) is 10.2. The second-order valence-corrected chi connectivity index (χ2v) is 5.92. The third kappa shape index (κ3) is 2.24. The molecular weight excluding hydrogens is 266 g/mol. The normalized spacial score (nSPS) is 32.9. The highest BCUT2D eigenvalue weighted by Gasteiger charge is 2.44. The number of aliphatic hydroxyl groups is 3. The van der Waals surface area contributed by atoms with Gasteiger partial charge in [0.25, 0.3) is 5.16 Å². The Morgan fingerprint density at radius 1 is 1.44 bits per heavy atom. The molecule has 2 heterocycles. The van der Waals surface area contributed by atoms with E-state index in [1.807, 2.05) is 0 Å². The van der Waals surface area contributed by atoms with Gasteiger partial charge in [-0.25, -0.2) is 18.1 Å². The fraction of sp³-hybridized carbons (Fsp3) is 0.750. The zero-order valence-electron chi connectivity index (χ0n) is 9.41. The number of rotatable bonds is 3. The first-order valence-corrected chi connectivity index (χ1v) is 6.97. The van der Waals surface area contributed by atoms with Crippen LogP contribution < -0.4 is 0 Å². The van der Waals surface area contributed by atoms with E-state index in [2.05, 4.69) is 10.1 Å². The molecule has 1 aliphatic rings. The van der Waals surface area contributed by atoms with E-state index in [1.54, 1.807) is 0 Å². The Morgan fingerprint density at radius 3 is 2.56 bits per heavy atom. The standard InChI is InChI=1S/C8H13N3O6S/c1-18(15,16)8-9-3-11(10-8)7-6(14)5(13)4(2-12)17-7/h3-7,12-14H,2H2,1H3. The van der Waals surface area contributed by atoms with Crippen molar-refractivity contribution in [2.75, 3.05) is 12.9 Å². The highest BCUT2D eigenvalue weighted by Crippen LogP contribution is 2.28. The van der Waals surface area contributed by atoms with E-state index in [1.165, 1.54) is 0 Å². The van der Waals surface area contributed by atoms with Crippen molar-refractivity contribution in [3.05, 3.63) is 6.33 Å². The first-order valence-electron chi connectivity index (χ1n) is 5.08. The van der Waals surface area contributed by atoms with Gasteiger partial charge in [0, 0.05) is 6.26 Å². The largest absolute Gasteiger partial charge is 0.394 e. The van der Waals surface area contributed by atoms with Gasteiger partial charge in [0.1, 0.15) is 24.6 Å². The minimum absolute atomic E-state index is 0.403. The maximum atomic E-state index is 11.2. The summed E-state index contributed by atoms with van der Waals surface area (Å²) in [5.41, 5.74) is 0. The lowest BCUT2D eigenvalue weighted by molar-refractivity contribution is -0.0592. The molecular formula is C8H13N3O6S. The van der Waals surface area contributed by atoms with Crippen LogP contribution in [0.4, 0.5) is 0 Å². The topological polar surface area (TPSA) is 135 Å². The van der Waals surface area contributed by atoms with Crippen LogP contribution in [-0.4, -0.2) is 69.7 Å². The van der Waals surface area contributed by atoms with Crippen molar-refractivity contribution in [2.24, 2.45) is 0 Å². The Balaban J connectivity index is 2.25. The molecule has 102 valence electrons. The van der Waals surface area contributed by atoms with Crippen molar-refractivity contribution in [1.29, 1.82) is 0 Å². The van der Waals surface area contributed by atoms with Crippen molar-refractivity contribution >= 4 is 9.84 Å². The lowest BCUT2D eigenvalue weighted by Crippen LogP contribution is -2.33. The zero-order chi connectivity index (χ0) is 13.5. The van der Waals surface area contributed by atoms with E-state index in [0.29, 0.717) is 0 Å². The van der Waals surface area contributed by atoms with E-state index in [0.717, 1.165) is 17.3 Å². The van der Waals surface area contributed by atoms with Crippen molar-refractivity contribution in [3.8, 4) is 0 Å². The van der Waals surface area contributed by atoms with Gasteiger partial charge in [-0.3, -0.25) is 0 Å². The predicted molar refractivity (Wildman–Crippen MR) is 56.1 cm³/mol. The van der Waals surface area contributed by atoms with Crippen molar-refractivity contribution in [1.82, 2.24) is 14.8 Å². The molecule has 0 bridgehead atoms. The molecule has 4 unspecified atom stereocenters. The number of ether oxygens (including phenoxy) is 1. The Labute approximate surface area is 103 Å². The second kappa shape index (κ2) is 4.55. The summed E-state index contributed by atoms with van der Waals surface area (Å²) in [5, 5.41) is 31.4. The Morgan fingerprint density at radius 2 is 2.11 bits per heavy atom. The van der Waals surface area contributed by atoms with Crippen LogP contribution in [0.3, 0.4) is 0 Å². The molecule has 9 nitrogen and oxygen atoms in total. The molecule has 0 amide bonds. The molecule has 1 aliphatic heterocycles. The number of hydrogen-bond acceptors (Lipinski definition) is 8. The van der Waals surface area contributed by atoms with Crippen LogP contribution in [0, 0.1) is 0 Å². The molecule has 18 heavy (non-hydrogen) atoms. The Bertz CT molecular complexity index is 529. The molecule has 0 aromatic carbocycles. The monoisotopic (exact) mass is 279 g/mol. The third-order valence-electron chi connectivity index (χ3n) is 2.60. The van der Waals surface area contributed by atoms with Gasteiger partial charge in [-0.2, -0.15) is 0 Å². The van der Waals surface area contributed by atoms with Crippen LogP contribution in [0.5, 0.6) is 0 Å².